The summed E-state index contributed by atoms with van der Waals surface area (Å²) in [4.78, 5) is 38.4. The first kappa shape index (κ1) is 76.3. The highest BCUT2D eigenvalue weighted by Crippen LogP contribution is 2.16. The molecule has 0 aromatic carbocycles. The molecule has 0 spiro atoms. The average molecular weight is 1120 g/mol. The van der Waals surface area contributed by atoms with Crippen molar-refractivity contribution in [3.63, 3.8) is 0 Å². The third kappa shape index (κ3) is 66.0. The van der Waals surface area contributed by atoms with Gasteiger partial charge in [-0.1, -0.05) is 301 Å². The van der Waals surface area contributed by atoms with E-state index in [1.807, 2.05) is 0 Å². The van der Waals surface area contributed by atoms with Gasteiger partial charge in [-0.2, -0.15) is 0 Å². The number of hydrogen-bond acceptors (Lipinski definition) is 6. The fraction of sp³-hybridized carbons (Fsp3) is 0.640. The Morgan fingerprint density at radius 2 is 0.494 bits per heavy atom. The zero-order valence-electron chi connectivity index (χ0n) is 52.5. The Labute approximate surface area is 499 Å². The summed E-state index contributed by atoms with van der Waals surface area (Å²) in [5.74, 6) is -1.00. The monoisotopic (exact) mass is 1120 g/mol. The van der Waals surface area contributed by atoms with Crippen LogP contribution in [0, 0.1) is 0 Å². The molecule has 0 amide bonds. The lowest BCUT2D eigenvalue weighted by molar-refractivity contribution is -0.167. The molecule has 0 N–H and O–H groups in total. The molecule has 0 saturated carbocycles. The highest BCUT2D eigenvalue weighted by atomic mass is 16.6. The lowest BCUT2D eigenvalue weighted by atomic mass is 10.0. The van der Waals surface area contributed by atoms with Gasteiger partial charge in [-0.25, -0.2) is 0 Å². The largest absolute Gasteiger partial charge is 0.462 e. The van der Waals surface area contributed by atoms with E-state index in [0.717, 1.165) is 128 Å². The SMILES string of the molecule is CC/C=C\C/C=C\C/C=C\C/C=C\C/C=C\C/C=C\C/C=C\CCCCCC(=O)OCC(COC(=O)CCC/C=C\C/C=C\C/C=C\C/C=C\C/C=C\CC)OC(=O)CCCCCCCCCCCCCCCCCCCCCCC. The van der Waals surface area contributed by atoms with Crippen LogP contribution in [0.15, 0.2) is 146 Å². The lowest BCUT2D eigenvalue weighted by Crippen LogP contribution is -2.30. The van der Waals surface area contributed by atoms with Gasteiger partial charge < -0.3 is 14.2 Å². The molecule has 6 heteroatoms. The van der Waals surface area contributed by atoms with E-state index in [1.165, 1.54) is 116 Å². The van der Waals surface area contributed by atoms with Crippen LogP contribution in [0.4, 0.5) is 0 Å². The second-order valence-electron chi connectivity index (χ2n) is 21.6. The van der Waals surface area contributed by atoms with E-state index < -0.39 is 6.10 Å². The van der Waals surface area contributed by atoms with Crippen LogP contribution in [0.5, 0.6) is 0 Å². The summed E-state index contributed by atoms with van der Waals surface area (Å²) in [5, 5.41) is 0. The molecule has 0 aliphatic carbocycles. The van der Waals surface area contributed by atoms with Crippen LogP contribution in [0.1, 0.15) is 290 Å². The molecule has 0 rings (SSSR count). The normalized spacial score (nSPS) is 13.1. The molecule has 0 aromatic rings. The van der Waals surface area contributed by atoms with Crippen molar-refractivity contribution in [1.82, 2.24) is 0 Å². The van der Waals surface area contributed by atoms with Gasteiger partial charge in [0.05, 0.1) is 0 Å². The summed E-state index contributed by atoms with van der Waals surface area (Å²) >= 11 is 0. The van der Waals surface area contributed by atoms with E-state index in [4.69, 9.17) is 14.2 Å². The van der Waals surface area contributed by atoms with E-state index >= 15 is 0 Å². The van der Waals surface area contributed by atoms with Gasteiger partial charge in [0.25, 0.3) is 0 Å². The Bertz CT molecular complexity index is 1760. The molecule has 0 heterocycles. The van der Waals surface area contributed by atoms with Crippen molar-refractivity contribution >= 4 is 17.9 Å². The number of unbranched alkanes of at least 4 members (excludes halogenated alkanes) is 24. The predicted octanol–water partition coefficient (Wildman–Crippen LogP) is 23.1. The highest BCUT2D eigenvalue weighted by Gasteiger charge is 2.19. The first-order chi connectivity index (χ1) is 40.0. The van der Waals surface area contributed by atoms with Crippen LogP contribution < -0.4 is 0 Å². The molecule has 0 aromatic heterocycles. The summed E-state index contributed by atoms with van der Waals surface area (Å²) in [6, 6.07) is 0. The van der Waals surface area contributed by atoms with Crippen LogP contribution in [0.3, 0.4) is 0 Å². The van der Waals surface area contributed by atoms with Gasteiger partial charge in [-0.05, 0) is 116 Å². The second-order valence-corrected chi connectivity index (χ2v) is 21.6. The summed E-state index contributed by atoms with van der Waals surface area (Å²) in [6.45, 7) is 6.36. The summed E-state index contributed by atoms with van der Waals surface area (Å²) in [5.41, 5.74) is 0. The minimum Gasteiger partial charge on any atom is -0.462 e. The van der Waals surface area contributed by atoms with Crippen molar-refractivity contribution in [2.24, 2.45) is 0 Å². The number of ether oxygens (including phenoxy) is 3. The minimum atomic E-state index is -0.822. The molecule has 6 nitrogen and oxygen atoms in total. The second kappa shape index (κ2) is 67.8. The summed E-state index contributed by atoms with van der Waals surface area (Å²) < 4.78 is 16.9. The molecule has 0 radical (unpaired) electrons. The topological polar surface area (TPSA) is 78.9 Å². The standard InChI is InChI=1S/C75H122O6/c1-4-7-10-13-16-19-22-25-28-31-33-35-36-37-38-40-41-44-47-50-53-56-59-62-65-68-74(77)80-71-72(70-79-73(76)67-64-61-58-55-52-49-46-43-30-27-24-21-18-15-12-9-6-3)81-75(78)69-66-63-60-57-54-51-48-45-42-39-34-32-29-26-23-20-17-14-11-8-5-2/h7,9-10,12,16,18-19,21,25,27-28,30,33,35,37-38,41,44,46,49-50,53,55,58,72H,4-6,8,11,13-15,17,20,22-24,26,29,31-32,34,36,39-40,42-43,45,47-48,51-52,54,56-57,59-71H2,1-3H3/b10-7-,12-9-,19-16-,21-18-,28-25-,30-27-,35-33-,38-37-,44-41-,49-46-,53-50-,58-55-. The van der Waals surface area contributed by atoms with Crippen LogP contribution >= 0.6 is 0 Å². The van der Waals surface area contributed by atoms with Crippen LogP contribution in [-0.2, 0) is 28.6 Å². The maximum Gasteiger partial charge on any atom is 0.306 e. The third-order valence-electron chi connectivity index (χ3n) is 13.8. The fourth-order valence-electron chi connectivity index (χ4n) is 8.93. The van der Waals surface area contributed by atoms with Gasteiger partial charge in [-0.15, -0.1) is 0 Å². The molecule has 0 fully saturated rings. The number of allylic oxidation sites excluding steroid dienone is 24. The zero-order valence-corrected chi connectivity index (χ0v) is 52.5. The predicted molar refractivity (Wildman–Crippen MR) is 352 cm³/mol. The van der Waals surface area contributed by atoms with Gasteiger partial charge in [0.15, 0.2) is 6.10 Å². The number of esters is 3. The molecule has 458 valence electrons. The zero-order chi connectivity index (χ0) is 58.5. The molecule has 0 saturated heterocycles. The van der Waals surface area contributed by atoms with Crippen LogP contribution in [0.2, 0.25) is 0 Å². The quantitative estimate of drug-likeness (QED) is 0.0261. The van der Waals surface area contributed by atoms with Crippen LogP contribution in [-0.4, -0.2) is 37.2 Å². The van der Waals surface area contributed by atoms with Crippen molar-refractivity contribution in [1.29, 1.82) is 0 Å². The smallest absolute Gasteiger partial charge is 0.306 e. The average Bonchev–Trinajstić information content (AvgIpc) is 3.47. The minimum absolute atomic E-state index is 0.117. The molecular weight excluding hydrogens is 997 g/mol. The van der Waals surface area contributed by atoms with Gasteiger partial charge in [0.2, 0.25) is 0 Å². The number of hydrogen-bond donors (Lipinski definition) is 0. The molecule has 1 unspecified atom stereocenters. The molecule has 81 heavy (non-hydrogen) atoms. The van der Waals surface area contributed by atoms with E-state index in [2.05, 4.69) is 167 Å². The number of rotatable bonds is 59. The maximum absolute atomic E-state index is 12.9. The molecule has 0 aliphatic heterocycles. The first-order valence-electron chi connectivity index (χ1n) is 33.3. The van der Waals surface area contributed by atoms with Gasteiger partial charge in [0.1, 0.15) is 13.2 Å². The Hall–Kier alpha value is -4.71. The van der Waals surface area contributed by atoms with Crippen molar-refractivity contribution < 1.29 is 28.6 Å². The summed E-state index contributed by atoms with van der Waals surface area (Å²) in [6.07, 6.45) is 97.2. The number of carbonyl (C=O) groups is 3. The Balaban J connectivity index is 4.51. The fourth-order valence-corrected chi connectivity index (χ4v) is 8.93. The first-order valence-corrected chi connectivity index (χ1v) is 33.3. The maximum atomic E-state index is 12.9. The van der Waals surface area contributed by atoms with E-state index in [-0.39, 0.29) is 37.5 Å². The summed E-state index contributed by atoms with van der Waals surface area (Å²) in [7, 11) is 0. The van der Waals surface area contributed by atoms with E-state index in [1.54, 1.807) is 0 Å². The van der Waals surface area contributed by atoms with Gasteiger partial charge in [0, 0.05) is 19.3 Å². The molecule has 1 atom stereocenters. The Morgan fingerprint density at radius 1 is 0.259 bits per heavy atom. The van der Waals surface area contributed by atoms with Gasteiger partial charge in [-0.3, -0.25) is 14.4 Å². The molecule has 0 aliphatic rings. The van der Waals surface area contributed by atoms with Crippen LogP contribution in [0.25, 0.3) is 0 Å². The van der Waals surface area contributed by atoms with E-state index in [0.29, 0.717) is 19.3 Å². The Kier molecular flexibility index (Phi) is 63.9. The van der Waals surface area contributed by atoms with Gasteiger partial charge >= 0.3 is 17.9 Å². The van der Waals surface area contributed by atoms with Crippen molar-refractivity contribution in [2.75, 3.05) is 13.2 Å². The molecular formula is C75H122O6. The van der Waals surface area contributed by atoms with Crippen molar-refractivity contribution in [3.8, 4) is 0 Å². The van der Waals surface area contributed by atoms with E-state index in [9.17, 15) is 14.4 Å². The number of carbonyl (C=O) groups excluding carboxylic acids is 3. The highest BCUT2D eigenvalue weighted by molar-refractivity contribution is 5.71. The van der Waals surface area contributed by atoms with Crippen molar-refractivity contribution in [3.05, 3.63) is 146 Å². The lowest BCUT2D eigenvalue weighted by Gasteiger charge is -2.18. The molecule has 0 bridgehead atoms. The van der Waals surface area contributed by atoms with Crippen molar-refractivity contribution in [2.45, 2.75) is 297 Å². The Morgan fingerprint density at radius 3 is 0.802 bits per heavy atom. The third-order valence-corrected chi connectivity index (χ3v) is 13.8.